The molecule has 6 nitrogen and oxygen atoms in total. The number of hydrogen-bond donors (Lipinski definition) is 1. The summed E-state index contributed by atoms with van der Waals surface area (Å²) in [6.45, 7) is 2.83. The Morgan fingerprint density at radius 3 is 2.96 bits per heavy atom. The van der Waals surface area contributed by atoms with E-state index >= 15 is 0 Å². The van der Waals surface area contributed by atoms with Crippen molar-refractivity contribution in [2.24, 2.45) is 5.92 Å². The molecule has 1 aliphatic carbocycles. The van der Waals surface area contributed by atoms with Gasteiger partial charge < -0.3 is 4.74 Å². The average molecular weight is 347 g/mol. The summed E-state index contributed by atoms with van der Waals surface area (Å²) in [6, 6.07) is 7.03. The number of rotatable bonds is 5. The van der Waals surface area contributed by atoms with Gasteiger partial charge in [0.15, 0.2) is 0 Å². The maximum absolute atomic E-state index is 12.6. The number of hydrogen-bond acceptors (Lipinski definition) is 4. The average Bonchev–Trinajstić information content (AvgIpc) is 3.11. The normalized spacial score (nSPS) is 25.8. The van der Waals surface area contributed by atoms with Crippen LogP contribution in [0.5, 0.6) is 5.75 Å². The molecule has 1 aromatic heterocycles. The number of ether oxygens (including phenoxy) is 1. The first kappa shape index (κ1) is 15.7. The Bertz CT molecular complexity index is 827. The first-order valence-corrected chi connectivity index (χ1v) is 9.77. The summed E-state index contributed by atoms with van der Waals surface area (Å²) in [4.78, 5) is 0.328. The van der Waals surface area contributed by atoms with Crippen LogP contribution in [0, 0.1) is 5.92 Å². The summed E-state index contributed by atoms with van der Waals surface area (Å²) in [7, 11) is -3.47. The molecule has 2 aliphatic rings. The Morgan fingerprint density at radius 2 is 2.21 bits per heavy atom. The van der Waals surface area contributed by atoms with Crippen LogP contribution >= 0.6 is 0 Å². The van der Waals surface area contributed by atoms with Crippen molar-refractivity contribution >= 4 is 10.0 Å². The zero-order valence-electron chi connectivity index (χ0n) is 13.6. The van der Waals surface area contributed by atoms with Gasteiger partial charge in [-0.05, 0) is 55.5 Å². The van der Waals surface area contributed by atoms with Crippen LogP contribution in [-0.4, -0.2) is 30.3 Å². The first-order valence-electron chi connectivity index (χ1n) is 8.29. The van der Waals surface area contributed by atoms with E-state index in [4.69, 9.17) is 4.74 Å². The van der Waals surface area contributed by atoms with Gasteiger partial charge >= 0.3 is 0 Å². The molecule has 0 bridgehead atoms. The van der Waals surface area contributed by atoms with Crippen molar-refractivity contribution < 1.29 is 13.2 Å². The topological polar surface area (TPSA) is 73.2 Å². The Labute approximate surface area is 141 Å². The Hall–Kier alpha value is -1.86. The lowest BCUT2D eigenvalue weighted by Crippen LogP contribution is -2.45. The van der Waals surface area contributed by atoms with Crippen LogP contribution in [0.15, 0.2) is 41.6 Å². The summed E-state index contributed by atoms with van der Waals surface area (Å²) in [5, 5.41) is 4.19. The van der Waals surface area contributed by atoms with Crippen LogP contribution in [0.3, 0.4) is 0 Å². The van der Waals surface area contributed by atoms with Crippen molar-refractivity contribution in [2.45, 2.75) is 49.8 Å². The lowest BCUT2D eigenvalue weighted by atomic mass is 9.81. The first-order chi connectivity index (χ1) is 11.5. The van der Waals surface area contributed by atoms with E-state index in [0.29, 0.717) is 10.8 Å². The van der Waals surface area contributed by atoms with E-state index in [2.05, 4.69) is 9.82 Å². The van der Waals surface area contributed by atoms with Gasteiger partial charge in [0.2, 0.25) is 10.0 Å². The van der Waals surface area contributed by atoms with E-state index in [9.17, 15) is 8.42 Å². The zero-order valence-corrected chi connectivity index (χ0v) is 14.4. The molecule has 1 atom stereocenters. The molecule has 2 heterocycles. The summed E-state index contributed by atoms with van der Waals surface area (Å²) in [5.74, 6) is 1.27. The Balaban J connectivity index is 1.37. The largest absolute Gasteiger partial charge is 0.490 e. The van der Waals surface area contributed by atoms with Gasteiger partial charge in [-0.25, -0.2) is 13.1 Å². The molecule has 1 aromatic carbocycles. The van der Waals surface area contributed by atoms with Gasteiger partial charge in [0, 0.05) is 31.4 Å². The minimum Gasteiger partial charge on any atom is -0.490 e. The molecule has 1 aliphatic heterocycles. The van der Waals surface area contributed by atoms with E-state index in [1.807, 2.05) is 23.9 Å². The molecule has 0 amide bonds. The third kappa shape index (κ3) is 3.06. The fourth-order valence-corrected chi connectivity index (χ4v) is 4.82. The second-order valence-corrected chi connectivity index (χ2v) is 8.50. The molecule has 2 aromatic rings. The highest BCUT2D eigenvalue weighted by Crippen LogP contribution is 2.33. The molecule has 0 spiro atoms. The smallest absolute Gasteiger partial charge is 0.240 e. The van der Waals surface area contributed by atoms with E-state index < -0.39 is 10.0 Å². The second kappa shape index (κ2) is 5.89. The minimum absolute atomic E-state index is 0.0130. The molecule has 1 N–H and O–H groups in total. The number of fused-ring (bicyclic) bond motifs is 1. The lowest BCUT2D eigenvalue weighted by molar-refractivity contribution is 0.213. The van der Waals surface area contributed by atoms with E-state index in [1.54, 1.807) is 24.4 Å². The standard InChI is InChI=1S/C17H21N3O3S/c1-12-7-14-10-16(3-4-17(14)23-12)24(21,22)19-15-8-13(9-15)11-20-6-2-5-18-20/h2-6,10,12-13,15,19H,7-9,11H2,1H3. The quantitative estimate of drug-likeness (QED) is 0.897. The van der Waals surface area contributed by atoms with Crippen LogP contribution in [0.4, 0.5) is 0 Å². The Morgan fingerprint density at radius 1 is 1.38 bits per heavy atom. The molecular formula is C17H21N3O3S. The SMILES string of the molecule is CC1Cc2cc(S(=O)(=O)NC3CC(Cn4cccn4)C3)ccc2O1. The predicted molar refractivity (Wildman–Crippen MR) is 89.3 cm³/mol. The summed E-state index contributed by atoms with van der Waals surface area (Å²) in [5.41, 5.74) is 0.968. The van der Waals surface area contributed by atoms with Gasteiger partial charge in [0.1, 0.15) is 11.9 Å². The maximum Gasteiger partial charge on any atom is 0.240 e. The number of benzene rings is 1. The fourth-order valence-electron chi connectivity index (χ4n) is 3.51. The van der Waals surface area contributed by atoms with E-state index in [1.165, 1.54) is 0 Å². The van der Waals surface area contributed by atoms with Crippen LogP contribution in [0.25, 0.3) is 0 Å². The van der Waals surface area contributed by atoms with Crippen molar-refractivity contribution in [3.63, 3.8) is 0 Å². The molecular weight excluding hydrogens is 326 g/mol. The molecule has 4 rings (SSSR count). The highest BCUT2D eigenvalue weighted by atomic mass is 32.2. The third-order valence-electron chi connectivity index (χ3n) is 4.74. The minimum atomic E-state index is -3.47. The van der Waals surface area contributed by atoms with Crippen molar-refractivity contribution in [3.8, 4) is 5.75 Å². The molecule has 1 unspecified atom stereocenters. The van der Waals surface area contributed by atoms with Crippen molar-refractivity contribution in [1.82, 2.24) is 14.5 Å². The number of sulfonamides is 1. The van der Waals surface area contributed by atoms with Crippen LogP contribution in [0.2, 0.25) is 0 Å². The highest BCUT2D eigenvalue weighted by Gasteiger charge is 2.33. The fraction of sp³-hybridized carbons (Fsp3) is 0.471. The third-order valence-corrected chi connectivity index (χ3v) is 6.26. The van der Waals surface area contributed by atoms with Crippen LogP contribution in [-0.2, 0) is 23.0 Å². The highest BCUT2D eigenvalue weighted by molar-refractivity contribution is 7.89. The summed E-state index contributed by atoms with van der Waals surface area (Å²) >= 11 is 0. The predicted octanol–water partition coefficient (Wildman–Crippen LogP) is 1.96. The number of nitrogens with one attached hydrogen (secondary N) is 1. The molecule has 1 fully saturated rings. The molecule has 1 saturated carbocycles. The van der Waals surface area contributed by atoms with Crippen molar-refractivity contribution in [1.29, 1.82) is 0 Å². The number of nitrogens with zero attached hydrogens (tertiary/aromatic N) is 2. The molecule has 24 heavy (non-hydrogen) atoms. The van der Waals surface area contributed by atoms with Crippen molar-refractivity contribution in [2.75, 3.05) is 0 Å². The van der Waals surface area contributed by atoms with Crippen LogP contribution < -0.4 is 9.46 Å². The molecule has 128 valence electrons. The number of aromatic nitrogens is 2. The van der Waals surface area contributed by atoms with Gasteiger partial charge in [-0.1, -0.05) is 0 Å². The zero-order chi connectivity index (χ0) is 16.7. The maximum atomic E-state index is 12.6. The summed E-state index contributed by atoms with van der Waals surface area (Å²) in [6.07, 6.45) is 6.27. The van der Waals surface area contributed by atoms with E-state index in [0.717, 1.165) is 37.1 Å². The van der Waals surface area contributed by atoms with Gasteiger partial charge in [0.25, 0.3) is 0 Å². The van der Waals surface area contributed by atoms with Gasteiger partial charge in [0.05, 0.1) is 4.90 Å². The van der Waals surface area contributed by atoms with Gasteiger partial charge in [-0.3, -0.25) is 4.68 Å². The van der Waals surface area contributed by atoms with E-state index in [-0.39, 0.29) is 12.1 Å². The van der Waals surface area contributed by atoms with Gasteiger partial charge in [-0.2, -0.15) is 5.10 Å². The van der Waals surface area contributed by atoms with Crippen LogP contribution in [0.1, 0.15) is 25.3 Å². The molecule has 0 saturated heterocycles. The molecule has 0 radical (unpaired) electrons. The monoisotopic (exact) mass is 347 g/mol. The second-order valence-electron chi connectivity index (χ2n) is 6.79. The lowest BCUT2D eigenvalue weighted by Gasteiger charge is -2.35. The summed E-state index contributed by atoms with van der Waals surface area (Å²) < 4.78 is 35.5. The Kier molecular flexibility index (Phi) is 3.85. The molecule has 7 heteroatoms. The van der Waals surface area contributed by atoms with Gasteiger partial charge in [-0.15, -0.1) is 0 Å². The van der Waals surface area contributed by atoms with Crippen molar-refractivity contribution in [3.05, 3.63) is 42.2 Å².